The quantitative estimate of drug-likeness (QED) is 0.927. The number of nitrogens with one attached hydrogen (secondary N) is 1. The molecule has 6 nitrogen and oxygen atoms in total. The van der Waals surface area contributed by atoms with Gasteiger partial charge >= 0.3 is 0 Å². The molecule has 1 atom stereocenters. The van der Waals surface area contributed by atoms with Gasteiger partial charge in [-0.2, -0.15) is 0 Å². The molecule has 1 fully saturated rings. The summed E-state index contributed by atoms with van der Waals surface area (Å²) < 4.78 is 7.58. The van der Waals surface area contributed by atoms with Crippen molar-refractivity contribution in [3.05, 3.63) is 41.5 Å². The molecule has 0 amide bonds. The highest BCUT2D eigenvalue weighted by Crippen LogP contribution is 2.25. The minimum atomic E-state index is 0.521. The number of rotatable bonds is 4. The first kappa shape index (κ1) is 15.6. The molecule has 1 N–H and O–H groups in total. The van der Waals surface area contributed by atoms with E-state index in [2.05, 4.69) is 37.1 Å². The van der Waals surface area contributed by atoms with Gasteiger partial charge < -0.3 is 14.6 Å². The van der Waals surface area contributed by atoms with Crippen LogP contribution in [0.3, 0.4) is 0 Å². The number of hydrogen-bond acceptors (Lipinski definition) is 5. The Kier molecular flexibility index (Phi) is 4.49. The summed E-state index contributed by atoms with van der Waals surface area (Å²) in [6, 6.07) is 8.32. The second kappa shape index (κ2) is 6.91. The van der Waals surface area contributed by atoms with Gasteiger partial charge in [-0.3, -0.25) is 4.90 Å². The van der Waals surface area contributed by atoms with E-state index in [-0.39, 0.29) is 0 Å². The second-order valence-electron chi connectivity index (χ2n) is 6.73. The third-order valence-electron chi connectivity index (χ3n) is 5.09. The van der Waals surface area contributed by atoms with Crippen LogP contribution in [-0.4, -0.2) is 46.4 Å². The summed E-state index contributed by atoms with van der Waals surface area (Å²) in [6.45, 7) is 6.02. The van der Waals surface area contributed by atoms with Gasteiger partial charge in [0.15, 0.2) is 0 Å². The van der Waals surface area contributed by atoms with Gasteiger partial charge in [-0.1, -0.05) is 12.1 Å². The van der Waals surface area contributed by atoms with Crippen LogP contribution in [0.4, 0.5) is 0 Å². The zero-order valence-electron chi connectivity index (χ0n) is 14.2. The molecule has 1 aromatic heterocycles. The van der Waals surface area contributed by atoms with Crippen LogP contribution in [0.15, 0.2) is 24.3 Å². The molecule has 0 spiro atoms. The van der Waals surface area contributed by atoms with Crippen molar-refractivity contribution in [2.45, 2.75) is 38.4 Å². The van der Waals surface area contributed by atoms with E-state index in [4.69, 9.17) is 4.74 Å². The van der Waals surface area contributed by atoms with Crippen LogP contribution in [0.2, 0.25) is 0 Å². The highest BCUT2D eigenvalue weighted by Gasteiger charge is 2.26. The Balaban J connectivity index is 1.43. The fourth-order valence-electron chi connectivity index (χ4n) is 3.73. The lowest BCUT2D eigenvalue weighted by Gasteiger charge is -2.29. The first-order valence-corrected chi connectivity index (χ1v) is 8.81. The third-order valence-corrected chi connectivity index (χ3v) is 5.09. The maximum Gasteiger partial charge on any atom is 0.147 e. The van der Waals surface area contributed by atoms with Crippen LogP contribution in [0.5, 0.6) is 5.75 Å². The predicted molar refractivity (Wildman–Crippen MR) is 92.0 cm³/mol. The molecule has 1 aromatic carbocycles. The van der Waals surface area contributed by atoms with Gasteiger partial charge in [0.2, 0.25) is 0 Å². The summed E-state index contributed by atoms with van der Waals surface area (Å²) in [4.78, 5) is 2.44. The highest BCUT2D eigenvalue weighted by molar-refractivity contribution is 5.27. The molecule has 24 heavy (non-hydrogen) atoms. The summed E-state index contributed by atoms with van der Waals surface area (Å²) in [5.74, 6) is 3.72. The monoisotopic (exact) mass is 327 g/mol. The zero-order chi connectivity index (χ0) is 16.4. The van der Waals surface area contributed by atoms with Crippen LogP contribution in [0, 0.1) is 0 Å². The lowest BCUT2D eigenvalue weighted by Crippen LogP contribution is -2.35. The van der Waals surface area contributed by atoms with Gasteiger partial charge in [0.25, 0.3) is 0 Å². The normalized spacial score (nSPS) is 21.5. The summed E-state index contributed by atoms with van der Waals surface area (Å²) in [5, 5.41) is 12.5. The summed E-state index contributed by atoms with van der Waals surface area (Å²) in [5.41, 5.74) is 1.31. The molecule has 1 saturated heterocycles. The van der Waals surface area contributed by atoms with Gasteiger partial charge in [-0.25, -0.2) is 0 Å². The molecule has 0 aliphatic carbocycles. The van der Waals surface area contributed by atoms with Crippen molar-refractivity contribution in [3.8, 4) is 5.75 Å². The van der Waals surface area contributed by atoms with E-state index in [0.717, 1.165) is 50.8 Å². The van der Waals surface area contributed by atoms with Crippen LogP contribution in [-0.2, 0) is 19.6 Å². The molecule has 3 heterocycles. The Morgan fingerprint density at radius 3 is 2.83 bits per heavy atom. The van der Waals surface area contributed by atoms with Crippen LogP contribution in [0.25, 0.3) is 0 Å². The first-order valence-electron chi connectivity index (χ1n) is 8.81. The Hall–Kier alpha value is -1.92. The molecule has 4 rings (SSSR count). The van der Waals surface area contributed by atoms with Gasteiger partial charge in [-0.05, 0) is 37.1 Å². The van der Waals surface area contributed by atoms with E-state index < -0.39 is 0 Å². The Labute approximate surface area is 142 Å². The zero-order valence-corrected chi connectivity index (χ0v) is 14.2. The van der Waals surface area contributed by atoms with Crippen molar-refractivity contribution in [2.75, 3.05) is 26.7 Å². The van der Waals surface area contributed by atoms with Gasteiger partial charge in [-0.15, -0.1) is 10.2 Å². The Morgan fingerprint density at radius 2 is 2.08 bits per heavy atom. The minimum absolute atomic E-state index is 0.521. The lowest BCUT2D eigenvalue weighted by molar-refractivity contribution is 0.205. The summed E-state index contributed by atoms with van der Waals surface area (Å²) in [6.07, 6.45) is 2.46. The number of aromatic nitrogens is 3. The molecular formula is C18H25N5O. The van der Waals surface area contributed by atoms with Gasteiger partial charge in [0.05, 0.1) is 13.7 Å². The molecule has 0 bridgehead atoms. The fourth-order valence-corrected chi connectivity index (χ4v) is 3.73. The number of methoxy groups -OCH3 is 1. The van der Waals surface area contributed by atoms with Crippen LogP contribution < -0.4 is 10.1 Å². The third kappa shape index (κ3) is 3.16. The molecule has 2 aliphatic heterocycles. The molecule has 0 saturated carbocycles. The largest absolute Gasteiger partial charge is 0.497 e. The number of benzene rings is 1. The number of hydrogen-bond donors (Lipinski definition) is 1. The second-order valence-corrected chi connectivity index (χ2v) is 6.73. The molecule has 128 valence electrons. The SMILES string of the molecule is COc1ccc(CN2CCn3c(nnc3C3CCCNC3)C2)cc1. The first-order chi connectivity index (χ1) is 11.8. The van der Waals surface area contributed by atoms with Crippen molar-refractivity contribution in [2.24, 2.45) is 0 Å². The van der Waals surface area contributed by atoms with Crippen molar-refractivity contribution in [1.82, 2.24) is 25.0 Å². The number of piperidine rings is 1. The van der Waals surface area contributed by atoms with E-state index in [1.54, 1.807) is 7.11 Å². The molecule has 1 unspecified atom stereocenters. The smallest absolute Gasteiger partial charge is 0.147 e. The number of nitrogens with zero attached hydrogens (tertiary/aromatic N) is 4. The predicted octanol–water partition coefficient (Wildman–Crippen LogP) is 1.77. The average molecular weight is 327 g/mol. The fraction of sp³-hybridized carbons (Fsp3) is 0.556. The maximum absolute atomic E-state index is 5.23. The summed E-state index contributed by atoms with van der Waals surface area (Å²) in [7, 11) is 1.70. The van der Waals surface area contributed by atoms with Crippen LogP contribution in [0.1, 0.15) is 36.0 Å². The Morgan fingerprint density at radius 1 is 1.21 bits per heavy atom. The minimum Gasteiger partial charge on any atom is -0.497 e. The number of fused-ring (bicyclic) bond motifs is 1. The standard InChI is InChI=1S/C18H25N5O/c1-24-16-6-4-14(5-7-16)12-22-9-10-23-17(13-22)20-21-18(23)15-3-2-8-19-11-15/h4-7,15,19H,2-3,8-13H2,1H3. The van der Waals surface area contributed by atoms with Crippen molar-refractivity contribution in [3.63, 3.8) is 0 Å². The van der Waals surface area contributed by atoms with E-state index in [0.29, 0.717) is 5.92 Å². The van der Waals surface area contributed by atoms with E-state index in [1.807, 2.05) is 12.1 Å². The summed E-state index contributed by atoms with van der Waals surface area (Å²) >= 11 is 0. The van der Waals surface area contributed by atoms with E-state index in [1.165, 1.54) is 24.2 Å². The van der Waals surface area contributed by atoms with Crippen molar-refractivity contribution in [1.29, 1.82) is 0 Å². The van der Waals surface area contributed by atoms with Crippen molar-refractivity contribution < 1.29 is 4.74 Å². The molecule has 0 radical (unpaired) electrons. The molecule has 2 aliphatic rings. The van der Waals surface area contributed by atoms with Gasteiger partial charge in [0, 0.05) is 32.1 Å². The number of ether oxygens (including phenoxy) is 1. The Bertz CT molecular complexity index is 675. The topological polar surface area (TPSA) is 55.2 Å². The lowest BCUT2D eigenvalue weighted by atomic mass is 9.99. The maximum atomic E-state index is 5.23. The molecule has 6 heteroatoms. The van der Waals surface area contributed by atoms with Crippen molar-refractivity contribution >= 4 is 0 Å². The molecular weight excluding hydrogens is 302 g/mol. The van der Waals surface area contributed by atoms with E-state index in [9.17, 15) is 0 Å². The van der Waals surface area contributed by atoms with Gasteiger partial charge in [0.1, 0.15) is 17.4 Å². The average Bonchev–Trinajstić information content (AvgIpc) is 3.06. The highest BCUT2D eigenvalue weighted by atomic mass is 16.5. The van der Waals surface area contributed by atoms with E-state index >= 15 is 0 Å². The molecule has 2 aromatic rings. The van der Waals surface area contributed by atoms with Crippen LogP contribution >= 0.6 is 0 Å².